The molecule has 1 aromatic carbocycles. The highest BCUT2D eigenvalue weighted by Gasteiger charge is 2.23. The lowest BCUT2D eigenvalue weighted by atomic mass is 9.80. The Balaban J connectivity index is 1.99. The Kier molecular flexibility index (Phi) is 4.61. The highest BCUT2D eigenvalue weighted by Crippen LogP contribution is 2.34. The summed E-state index contributed by atoms with van der Waals surface area (Å²) in [5.41, 5.74) is 3.05. The first kappa shape index (κ1) is 12.6. The van der Waals surface area contributed by atoms with E-state index >= 15 is 0 Å². The molecular weight excluding hydrogens is 206 g/mol. The van der Waals surface area contributed by atoms with Gasteiger partial charge in [0.15, 0.2) is 0 Å². The first-order chi connectivity index (χ1) is 8.31. The molecule has 0 aliphatic heterocycles. The third kappa shape index (κ3) is 3.32. The van der Waals surface area contributed by atoms with Gasteiger partial charge in [-0.15, -0.1) is 0 Å². The van der Waals surface area contributed by atoms with E-state index < -0.39 is 0 Å². The lowest BCUT2D eigenvalue weighted by Crippen LogP contribution is -2.34. The number of hydrogen-bond donors (Lipinski definition) is 1. The van der Waals surface area contributed by atoms with E-state index in [2.05, 4.69) is 43.4 Å². The van der Waals surface area contributed by atoms with Crippen LogP contribution in [0.15, 0.2) is 24.3 Å². The fourth-order valence-electron chi connectivity index (χ4n) is 3.05. The van der Waals surface area contributed by atoms with Gasteiger partial charge in [0.25, 0.3) is 0 Å². The molecule has 0 heterocycles. The van der Waals surface area contributed by atoms with Crippen LogP contribution in [-0.4, -0.2) is 12.6 Å². The van der Waals surface area contributed by atoms with E-state index in [0.29, 0.717) is 0 Å². The predicted octanol–water partition coefficient (Wildman–Crippen LogP) is 4.02. The fourth-order valence-corrected chi connectivity index (χ4v) is 3.05. The normalized spacial score (nSPS) is 24.8. The topological polar surface area (TPSA) is 12.0 Å². The molecule has 0 radical (unpaired) electrons. The molecule has 2 unspecified atom stereocenters. The van der Waals surface area contributed by atoms with Gasteiger partial charge in [0, 0.05) is 6.04 Å². The van der Waals surface area contributed by atoms with Gasteiger partial charge in [-0.25, -0.2) is 0 Å². The summed E-state index contributed by atoms with van der Waals surface area (Å²) in [5.74, 6) is 0.777. The minimum atomic E-state index is 0.744. The van der Waals surface area contributed by atoms with Crippen molar-refractivity contribution in [1.82, 2.24) is 5.32 Å². The van der Waals surface area contributed by atoms with Crippen LogP contribution in [0.25, 0.3) is 0 Å². The van der Waals surface area contributed by atoms with Crippen molar-refractivity contribution in [1.29, 1.82) is 0 Å². The maximum Gasteiger partial charge on any atom is 0.00728 e. The molecule has 0 saturated heterocycles. The van der Waals surface area contributed by atoms with E-state index in [-0.39, 0.29) is 0 Å². The molecule has 17 heavy (non-hydrogen) atoms. The van der Waals surface area contributed by atoms with Gasteiger partial charge in [0.05, 0.1) is 0 Å². The van der Waals surface area contributed by atoms with Crippen LogP contribution < -0.4 is 5.32 Å². The van der Waals surface area contributed by atoms with Crippen molar-refractivity contribution in [2.24, 2.45) is 0 Å². The lowest BCUT2D eigenvalue weighted by molar-refractivity contribution is 0.339. The summed E-state index contributed by atoms with van der Waals surface area (Å²) in [6.07, 6.45) is 6.67. The quantitative estimate of drug-likeness (QED) is 0.825. The summed E-state index contributed by atoms with van der Waals surface area (Å²) in [6.45, 7) is 5.66. The first-order valence-corrected chi connectivity index (χ1v) is 7.10. The average molecular weight is 231 g/mol. The number of aryl methyl sites for hydroxylation is 1. The van der Waals surface area contributed by atoms with E-state index in [1.54, 1.807) is 5.56 Å². The molecule has 94 valence electrons. The second-order valence-corrected chi connectivity index (χ2v) is 5.37. The number of rotatable bonds is 4. The number of benzene rings is 1. The second-order valence-electron chi connectivity index (χ2n) is 5.37. The van der Waals surface area contributed by atoms with Gasteiger partial charge >= 0.3 is 0 Å². The van der Waals surface area contributed by atoms with E-state index in [0.717, 1.165) is 12.0 Å². The Hall–Kier alpha value is -0.820. The average Bonchev–Trinajstić information content (AvgIpc) is 2.37. The van der Waals surface area contributed by atoms with Gasteiger partial charge < -0.3 is 5.32 Å². The van der Waals surface area contributed by atoms with Crippen molar-refractivity contribution < 1.29 is 0 Å². The van der Waals surface area contributed by atoms with Crippen LogP contribution in [0.3, 0.4) is 0 Å². The molecule has 2 rings (SSSR count). The van der Waals surface area contributed by atoms with Crippen molar-refractivity contribution in [2.45, 2.75) is 57.9 Å². The summed E-state index contributed by atoms with van der Waals surface area (Å²) >= 11 is 0. The zero-order valence-electron chi connectivity index (χ0n) is 11.2. The lowest BCUT2D eigenvalue weighted by Gasteiger charge is -2.31. The summed E-state index contributed by atoms with van der Waals surface area (Å²) < 4.78 is 0. The Morgan fingerprint density at radius 3 is 2.82 bits per heavy atom. The van der Waals surface area contributed by atoms with E-state index in [4.69, 9.17) is 0 Å². The van der Waals surface area contributed by atoms with Gasteiger partial charge in [-0.3, -0.25) is 0 Å². The monoisotopic (exact) mass is 231 g/mol. The van der Waals surface area contributed by atoms with Crippen LogP contribution in [0.5, 0.6) is 0 Å². The van der Waals surface area contributed by atoms with Gasteiger partial charge in [0.1, 0.15) is 0 Å². The Labute approximate surface area is 106 Å². The molecule has 0 amide bonds. The molecular formula is C16H25N. The molecule has 0 spiro atoms. The fraction of sp³-hybridized carbons (Fsp3) is 0.625. The molecule has 0 aromatic heterocycles. The maximum atomic E-state index is 3.69. The zero-order chi connectivity index (χ0) is 12.1. The van der Waals surface area contributed by atoms with Gasteiger partial charge in [-0.05, 0) is 56.2 Å². The smallest absolute Gasteiger partial charge is 0.00728 e. The van der Waals surface area contributed by atoms with Crippen LogP contribution in [0, 0.1) is 6.92 Å². The highest BCUT2D eigenvalue weighted by molar-refractivity contribution is 5.29. The van der Waals surface area contributed by atoms with Crippen molar-refractivity contribution in [3.63, 3.8) is 0 Å². The third-order valence-corrected chi connectivity index (χ3v) is 3.99. The maximum absolute atomic E-state index is 3.69. The summed E-state index contributed by atoms with van der Waals surface area (Å²) in [7, 11) is 0. The van der Waals surface area contributed by atoms with Crippen molar-refractivity contribution in [3.05, 3.63) is 35.4 Å². The van der Waals surface area contributed by atoms with Gasteiger partial charge in [-0.2, -0.15) is 0 Å². The van der Waals surface area contributed by atoms with Crippen LogP contribution in [0.4, 0.5) is 0 Å². The first-order valence-electron chi connectivity index (χ1n) is 7.10. The molecule has 2 atom stereocenters. The standard InChI is InChI=1S/C16H25N/c1-3-11-17-15-9-6-8-14(12-15)16-10-5-4-7-13(16)2/h4-5,7,10,14-15,17H,3,6,8-9,11-12H2,1-2H3. The summed E-state index contributed by atoms with van der Waals surface area (Å²) in [6, 6.07) is 9.65. The largest absolute Gasteiger partial charge is 0.314 e. The molecule has 1 nitrogen and oxygen atoms in total. The Morgan fingerprint density at radius 1 is 1.24 bits per heavy atom. The Bertz CT molecular complexity index is 345. The van der Waals surface area contributed by atoms with Crippen LogP contribution >= 0.6 is 0 Å². The molecule has 1 heteroatoms. The van der Waals surface area contributed by atoms with Crippen molar-refractivity contribution in [2.75, 3.05) is 6.54 Å². The third-order valence-electron chi connectivity index (χ3n) is 3.99. The summed E-state index contributed by atoms with van der Waals surface area (Å²) in [5, 5.41) is 3.69. The van der Waals surface area contributed by atoms with Crippen LogP contribution in [-0.2, 0) is 0 Å². The molecule has 1 N–H and O–H groups in total. The SMILES string of the molecule is CCCNC1CCCC(c2ccccc2C)C1. The summed E-state index contributed by atoms with van der Waals surface area (Å²) in [4.78, 5) is 0. The number of hydrogen-bond acceptors (Lipinski definition) is 1. The molecule has 1 aromatic rings. The second kappa shape index (κ2) is 6.20. The van der Waals surface area contributed by atoms with Crippen molar-refractivity contribution >= 4 is 0 Å². The van der Waals surface area contributed by atoms with Crippen LogP contribution in [0.2, 0.25) is 0 Å². The minimum absolute atomic E-state index is 0.744. The highest BCUT2D eigenvalue weighted by atomic mass is 14.9. The minimum Gasteiger partial charge on any atom is -0.314 e. The molecule has 0 bridgehead atoms. The van der Waals surface area contributed by atoms with Crippen LogP contribution in [0.1, 0.15) is 56.1 Å². The Morgan fingerprint density at radius 2 is 2.06 bits per heavy atom. The molecule has 1 saturated carbocycles. The predicted molar refractivity (Wildman–Crippen MR) is 74.5 cm³/mol. The van der Waals surface area contributed by atoms with E-state index in [9.17, 15) is 0 Å². The molecule has 1 fully saturated rings. The van der Waals surface area contributed by atoms with Gasteiger partial charge in [-0.1, -0.05) is 37.6 Å². The molecule has 1 aliphatic rings. The van der Waals surface area contributed by atoms with E-state index in [1.165, 1.54) is 44.2 Å². The van der Waals surface area contributed by atoms with Crippen molar-refractivity contribution in [3.8, 4) is 0 Å². The molecule has 1 aliphatic carbocycles. The van der Waals surface area contributed by atoms with Gasteiger partial charge in [0.2, 0.25) is 0 Å². The number of nitrogens with one attached hydrogen (secondary N) is 1. The zero-order valence-corrected chi connectivity index (χ0v) is 11.2. The van der Waals surface area contributed by atoms with E-state index in [1.807, 2.05) is 0 Å².